The van der Waals surface area contributed by atoms with Gasteiger partial charge in [0, 0.05) is 5.56 Å². The van der Waals surface area contributed by atoms with Crippen LogP contribution in [0.3, 0.4) is 0 Å². The Balaban J connectivity index is 2.17. The summed E-state index contributed by atoms with van der Waals surface area (Å²) in [7, 11) is 3.11. The summed E-state index contributed by atoms with van der Waals surface area (Å²) in [6.45, 7) is 4.00. The lowest BCUT2D eigenvalue weighted by Crippen LogP contribution is -2.34. The third-order valence-electron chi connectivity index (χ3n) is 3.46. The molecule has 0 atom stereocenters. The molecule has 1 aliphatic heterocycles. The first-order chi connectivity index (χ1) is 12.3. The maximum atomic E-state index is 12.6. The maximum absolute atomic E-state index is 12.6. The SMILES string of the molecule is COc1ccc(OC)c(/C=C2\SC(=S)N(CC(=O)OCC(C)C)C2=O)c1. The molecule has 1 fully saturated rings. The molecular formula is C18H21NO5S2. The van der Waals surface area contributed by atoms with E-state index < -0.39 is 5.97 Å². The Hall–Kier alpha value is -2.06. The predicted molar refractivity (Wildman–Crippen MR) is 105 cm³/mol. The van der Waals surface area contributed by atoms with Crippen LogP contribution in [0.25, 0.3) is 6.08 Å². The molecule has 8 heteroatoms. The number of esters is 1. The lowest BCUT2D eigenvalue weighted by Gasteiger charge is -2.14. The van der Waals surface area contributed by atoms with Crippen LogP contribution < -0.4 is 9.47 Å². The van der Waals surface area contributed by atoms with Gasteiger partial charge in [0.1, 0.15) is 22.4 Å². The van der Waals surface area contributed by atoms with Crippen LogP contribution in [-0.4, -0.2) is 48.5 Å². The molecule has 1 aromatic rings. The first-order valence-corrected chi connectivity index (χ1v) is 9.21. The van der Waals surface area contributed by atoms with Gasteiger partial charge in [-0.3, -0.25) is 14.5 Å². The van der Waals surface area contributed by atoms with Gasteiger partial charge < -0.3 is 14.2 Å². The maximum Gasteiger partial charge on any atom is 0.326 e. The second kappa shape index (κ2) is 9.05. The molecule has 1 amide bonds. The third-order valence-corrected chi connectivity index (χ3v) is 4.84. The molecule has 1 heterocycles. The Bertz CT molecular complexity index is 745. The van der Waals surface area contributed by atoms with E-state index in [9.17, 15) is 9.59 Å². The minimum absolute atomic E-state index is 0.191. The fourth-order valence-corrected chi connectivity index (χ4v) is 3.41. The molecule has 0 saturated carbocycles. The molecule has 0 bridgehead atoms. The summed E-state index contributed by atoms with van der Waals surface area (Å²) in [6, 6.07) is 5.29. The highest BCUT2D eigenvalue weighted by Crippen LogP contribution is 2.35. The zero-order valence-electron chi connectivity index (χ0n) is 15.1. The molecule has 1 saturated heterocycles. The van der Waals surface area contributed by atoms with E-state index in [2.05, 4.69) is 0 Å². The fourth-order valence-electron chi connectivity index (χ4n) is 2.16. The van der Waals surface area contributed by atoms with Crippen LogP contribution in [0.1, 0.15) is 19.4 Å². The van der Waals surface area contributed by atoms with E-state index >= 15 is 0 Å². The molecule has 0 spiro atoms. The van der Waals surface area contributed by atoms with Gasteiger partial charge in [0.05, 0.1) is 25.7 Å². The van der Waals surface area contributed by atoms with Crippen LogP contribution in [0, 0.1) is 5.92 Å². The highest BCUT2D eigenvalue weighted by Gasteiger charge is 2.34. The van der Waals surface area contributed by atoms with Gasteiger partial charge >= 0.3 is 5.97 Å². The normalized spacial score (nSPS) is 15.7. The Kier molecular flexibility index (Phi) is 7.05. The molecule has 0 unspecified atom stereocenters. The number of nitrogens with zero attached hydrogens (tertiary/aromatic N) is 1. The van der Waals surface area contributed by atoms with Gasteiger partial charge in [-0.1, -0.05) is 37.8 Å². The lowest BCUT2D eigenvalue weighted by atomic mass is 10.1. The van der Waals surface area contributed by atoms with Crippen molar-refractivity contribution in [3.05, 3.63) is 28.7 Å². The number of carbonyl (C=O) groups is 2. The number of hydrogen-bond acceptors (Lipinski definition) is 7. The number of thioether (sulfide) groups is 1. The van der Waals surface area contributed by atoms with Crippen molar-refractivity contribution >= 4 is 46.3 Å². The predicted octanol–water partition coefficient (Wildman–Crippen LogP) is 3.10. The molecule has 0 aliphatic carbocycles. The second-order valence-corrected chi connectivity index (χ2v) is 7.63. The standard InChI is InChI=1S/C18H21NO5S2/c1-11(2)10-24-16(20)9-19-17(21)15(26-18(19)25)8-12-7-13(22-3)5-6-14(12)23-4/h5-8,11H,9-10H2,1-4H3/b15-8-. The number of rotatable bonds is 7. The molecule has 26 heavy (non-hydrogen) atoms. The van der Waals surface area contributed by atoms with Crippen LogP contribution in [0.4, 0.5) is 0 Å². The number of ether oxygens (including phenoxy) is 3. The first kappa shape index (κ1) is 20.3. The topological polar surface area (TPSA) is 65.1 Å². The molecule has 0 radical (unpaired) electrons. The number of hydrogen-bond donors (Lipinski definition) is 0. The van der Waals surface area contributed by atoms with Crippen molar-refractivity contribution in [1.29, 1.82) is 0 Å². The zero-order chi connectivity index (χ0) is 19.3. The largest absolute Gasteiger partial charge is 0.497 e. The van der Waals surface area contributed by atoms with Crippen LogP contribution >= 0.6 is 24.0 Å². The van der Waals surface area contributed by atoms with Gasteiger partial charge in [-0.05, 0) is 30.2 Å². The minimum Gasteiger partial charge on any atom is -0.497 e. The van der Waals surface area contributed by atoms with Gasteiger partial charge in [-0.2, -0.15) is 0 Å². The van der Waals surface area contributed by atoms with Crippen molar-refractivity contribution < 1.29 is 23.8 Å². The Morgan fingerprint density at radius 3 is 2.65 bits per heavy atom. The summed E-state index contributed by atoms with van der Waals surface area (Å²) in [5.41, 5.74) is 0.690. The number of thiocarbonyl (C=S) groups is 1. The van der Waals surface area contributed by atoms with E-state index in [-0.39, 0.29) is 18.4 Å². The van der Waals surface area contributed by atoms with Gasteiger partial charge in [0.25, 0.3) is 5.91 Å². The molecule has 1 aromatic carbocycles. The van der Waals surface area contributed by atoms with Crippen LogP contribution in [0.2, 0.25) is 0 Å². The summed E-state index contributed by atoms with van der Waals surface area (Å²) in [5, 5.41) is 0. The first-order valence-electron chi connectivity index (χ1n) is 7.98. The molecule has 0 aromatic heterocycles. The van der Waals surface area contributed by atoms with E-state index in [0.29, 0.717) is 32.9 Å². The Labute approximate surface area is 162 Å². The lowest BCUT2D eigenvalue weighted by molar-refractivity contribution is -0.147. The highest BCUT2D eigenvalue weighted by atomic mass is 32.2. The van der Waals surface area contributed by atoms with Gasteiger partial charge in [-0.25, -0.2) is 0 Å². The van der Waals surface area contributed by atoms with Crippen molar-refractivity contribution in [2.24, 2.45) is 5.92 Å². The van der Waals surface area contributed by atoms with Crippen LogP contribution in [-0.2, 0) is 14.3 Å². The Morgan fingerprint density at radius 2 is 2.04 bits per heavy atom. The summed E-state index contributed by atoms with van der Waals surface area (Å²) in [6.07, 6.45) is 1.68. The highest BCUT2D eigenvalue weighted by molar-refractivity contribution is 8.26. The average Bonchev–Trinajstić information content (AvgIpc) is 2.87. The summed E-state index contributed by atoms with van der Waals surface area (Å²) < 4.78 is 16.0. The van der Waals surface area contributed by atoms with Crippen LogP contribution in [0.15, 0.2) is 23.1 Å². The number of carbonyl (C=O) groups excluding carboxylic acids is 2. The fraction of sp³-hybridized carbons (Fsp3) is 0.389. The molecule has 6 nitrogen and oxygen atoms in total. The molecule has 0 N–H and O–H groups in total. The zero-order valence-corrected chi connectivity index (χ0v) is 16.7. The van der Waals surface area contributed by atoms with E-state index in [1.54, 1.807) is 38.5 Å². The third kappa shape index (κ3) is 4.98. The molecule has 2 rings (SSSR count). The average molecular weight is 396 g/mol. The van der Waals surface area contributed by atoms with Gasteiger partial charge in [-0.15, -0.1) is 0 Å². The Morgan fingerprint density at radius 1 is 1.31 bits per heavy atom. The van der Waals surface area contributed by atoms with Crippen LogP contribution in [0.5, 0.6) is 11.5 Å². The number of amides is 1. The number of benzene rings is 1. The quantitative estimate of drug-likeness (QED) is 0.399. The monoisotopic (exact) mass is 395 g/mol. The molecule has 140 valence electrons. The van der Waals surface area contributed by atoms with Crippen molar-refractivity contribution in [1.82, 2.24) is 4.90 Å². The molecule has 1 aliphatic rings. The van der Waals surface area contributed by atoms with Crippen molar-refractivity contribution in [2.45, 2.75) is 13.8 Å². The summed E-state index contributed by atoms with van der Waals surface area (Å²) in [4.78, 5) is 26.2. The number of methoxy groups -OCH3 is 2. The summed E-state index contributed by atoms with van der Waals surface area (Å²) in [5.74, 6) is 0.671. The smallest absolute Gasteiger partial charge is 0.326 e. The molecular weight excluding hydrogens is 374 g/mol. The van der Waals surface area contributed by atoms with Crippen molar-refractivity contribution in [2.75, 3.05) is 27.4 Å². The van der Waals surface area contributed by atoms with Gasteiger partial charge in [0.15, 0.2) is 0 Å². The summed E-state index contributed by atoms with van der Waals surface area (Å²) >= 11 is 6.38. The van der Waals surface area contributed by atoms with E-state index in [0.717, 1.165) is 11.8 Å². The second-order valence-electron chi connectivity index (χ2n) is 5.95. The van der Waals surface area contributed by atoms with Crippen molar-refractivity contribution in [3.63, 3.8) is 0 Å². The van der Waals surface area contributed by atoms with E-state index in [4.69, 9.17) is 26.4 Å². The van der Waals surface area contributed by atoms with Crippen molar-refractivity contribution in [3.8, 4) is 11.5 Å². The van der Waals surface area contributed by atoms with E-state index in [1.807, 2.05) is 13.8 Å². The minimum atomic E-state index is -0.477. The van der Waals surface area contributed by atoms with Gasteiger partial charge in [0.2, 0.25) is 0 Å². The van der Waals surface area contributed by atoms with E-state index in [1.165, 1.54) is 4.90 Å².